The maximum absolute atomic E-state index is 9.63. The zero-order valence-corrected chi connectivity index (χ0v) is 7.53. The molecule has 74 valence electrons. The topological polar surface area (TPSA) is 76.5 Å². The Hall–Kier alpha value is -2.37. The summed E-state index contributed by atoms with van der Waals surface area (Å²) in [6, 6.07) is 3.27. The van der Waals surface area contributed by atoms with E-state index in [4.69, 9.17) is 4.42 Å². The minimum absolute atomic E-state index is 0.00583. The summed E-state index contributed by atoms with van der Waals surface area (Å²) in [5.74, 6) is 0.347. The lowest BCUT2D eigenvalue weighted by Gasteiger charge is -1.99. The Balaban J connectivity index is 2.29. The number of nitrogens with zero attached hydrogens (tertiary/aromatic N) is 4. The van der Waals surface area contributed by atoms with Gasteiger partial charge in [-0.3, -0.25) is 0 Å². The Morgan fingerprint density at radius 2 is 2.33 bits per heavy atom. The molecule has 0 fully saturated rings. The van der Waals surface area contributed by atoms with Crippen LogP contribution < -0.4 is 0 Å². The molecule has 0 amide bonds. The van der Waals surface area contributed by atoms with Crippen LogP contribution >= 0.6 is 0 Å². The van der Waals surface area contributed by atoms with Crippen molar-refractivity contribution in [2.45, 2.75) is 0 Å². The predicted molar refractivity (Wildman–Crippen MR) is 50.1 cm³/mol. The summed E-state index contributed by atoms with van der Waals surface area (Å²) in [7, 11) is 0. The van der Waals surface area contributed by atoms with Crippen LogP contribution in [-0.4, -0.2) is 24.7 Å². The van der Waals surface area contributed by atoms with Crippen molar-refractivity contribution in [1.29, 1.82) is 0 Å². The molecule has 0 radical (unpaired) electrons. The van der Waals surface area contributed by atoms with Gasteiger partial charge in [0.25, 0.3) is 5.78 Å². The molecule has 15 heavy (non-hydrogen) atoms. The summed E-state index contributed by atoms with van der Waals surface area (Å²) in [5.41, 5.74) is 1.39. The fourth-order valence-electron chi connectivity index (χ4n) is 1.35. The smallest absolute Gasteiger partial charge is 0.255 e. The Bertz CT molecular complexity index is 600. The van der Waals surface area contributed by atoms with Gasteiger partial charge in [0.2, 0.25) is 5.88 Å². The lowest BCUT2D eigenvalue weighted by atomic mass is 10.2. The van der Waals surface area contributed by atoms with Crippen molar-refractivity contribution in [3.63, 3.8) is 0 Å². The molecule has 0 unspecified atom stereocenters. The molecule has 0 aliphatic rings. The second-order valence-corrected chi connectivity index (χ2v) is 2.98. The SMILES string of the molecule is Oc1cc(-c2ccoc2)nc2ncnn12. The van der Waals surface area contributed by atoms with Crippen molar-refractivity contribution in [2.24, 2.45) is 0 Å². The van der Waals surface area contributed by atoms with Crippen LogP contribution in [-0.2, 0) is 0 Å². The standard InChI is InChI=1S/C9H6N4O2/c14-8-3-7(6-1-2-15-4-6)12-9-10-5-11-13(8)9/h1-5,14H. The van der Waals surface area contributed by atoms with Crippen LogP contribution in [0, 0.1) is 0 Å². The molecule has 0 atom stereocenters. The molecule has 3 heterocycles. The van der Waals surface area contributed by atoms with Crippen LogP contribution in [0.1, 0.15) is 0 Å². The summed E-state index contributed by atoms with van der Waals surface area (Å²) in [6.45, 7) is 0. The average Bonchev–Trinajstić information content (AvgIpc) is 2.88. The fraction of sp³-hybridized carbons (Fsp3) is 0. The van der Waals surface area contributed by atoms with Crippen molar-refractivity contribution in [3.8, 4) is 17.1 Å². The van der Waals surface area contributed by atoms with Crippen LogP contribution in [0.15, 0.2) is 35.4 Å². The quantitative estimate of drug-likeness (QED) is 0.639. The van der Waals surface area contributed by atoms with E-state index in [1.807, 2.05) is 0 Å². The Morgan fingerprint density at radius 1 is 1.40 bits per heavy atom. The molecule has 3 rings (SSSR count). The van der Waals surface area contributed by atoms with Gasteiger partial charge in [-0.15, -0.1) is 0 Å². The van der Waals surface area contributed by atoms with E-state index in [-0.39, 0.29) is 5.88 Å². The maximum Gasteiger partial charge on any atom is 0.255 e. The van der Waals surface area contributed by atoms with Crippen LogP contribution in [0.5, 0.6) is 5.88 Å². The van der Waals surface area contributed by atoms with Gasteiger partial charge in [-0.1, -0.05) is 0 Å². The van der Waals surface area contributed by atoms with E-state index in [0.717, 1.165) is 5.56 Å². The van der Waals surface area contributed by atoms with E-state index in [2.05, 4.69) is 15.1 Å². The number of rotatable bonds is 1. The second kappa shape index (κ2) is 2.81. The van der Waals surface area contributed by atoms with Crippen LogP contribution in [0.25, 0.3) is 17.0 Å². The first-order valence-electron chi connectivity index (χ1n) is 4.27. The molecule has 0 saturated heterocycles. The lowest BCUT2D eigenvalue weighted by Crippen LogP contribution is -1.93. The number of aromatic hydroxyl groups is 1. The zero-order valence-electron chi connectivity index (χ0n) is 7.53. The number of fused-ring (bicyclic) bond motifs is 1. The summed E-state index contributed by atoms with van der Waals surface area (Å²) in [6.07, 6.45) is 4.43. The van der Waals surface area contributed by atoms with Gasteiger partial charge in [-0.05, 0) is 6.07 Å². The highest BCUT2D eigenvalue weighted by Crippen LogP contribution is 2.21. The van der Waals surface area contributed by atoms with E-state index in [1.165, 1.54) is 16.9 Å². The second-order valence-electron chi connectivity index (χ2n) is 2.98. The normalized spacial score (nSPS) is 10.9. The third kappa shape index (κ3) is 1.15. The summed E-state index contributed by atoms with van der Waals surface area (Å²) in [4.78, 5) is 8.11. The van der Waals surface area contributed by atoms with Gasteiger partial charge < -0.3 is 9.52 Å². The molecule has 0 spiro atoms. The van der Waals surface area contributed by atoms with E-state index in [1.54, 1.807) is 18.6 Å². The molecule has 0 aliphatic carbocycles. The van der Waals surface area contributed by atoms with Crippen molar-refractivity contribution >= 4 is 5.78 Å². The van der Waals surface area contributed by atoms with Gasteiger partial charge in [-0.2, -0.15) is 14.6 Å². The van der Waals surface area contributed by atoms with Gasteiger partial charge >= 0.3 is 0 Å². The average molecular weight is 202 g/mol. The number of hydrogen-bond acceptors (Lipinski definition) is 5. The number of hydrogen-bond donors (Lipinski definition) is 1. The van der Waals surface area contributed by atoms with Crippen LogP contribution in [0.2, 0.25) is 0 Å². The van der Waals surface area contributed by atoms with Crippen molar-refractivity contribution in [3.05, 3.63) is 31.0 Å². The first-order chi connectivity index (χ1) is 7.34. The molecule has 0 aliphatic heterocycles. The molecule has 3 aromatic heterocycles. The minimum Gasteiger partial charge on any atom is -0.493 e. The number of furan rings is 1. The van der Waals surface area contributed by atoms with E-state index in [9.17, 15) is 5.11 Å². The van der Waals surface area contributed by atoms with Gasteiger partial charge in [0.15, 0.2) is 0 Å². The van der Waals surface area contributed by atoms with Gasteiger partial charge in [0.05, 0.1) is 18.2 Å². The zero-order chi connectivity index (χ0) is 10.3. The molecule has 6 heteroatoms. The third-order valence-electron chi connectivity index (χ3n) is 2.05. The summed E-state index contributed by atoms with van der Waals surface area (Å²) >= 11 is 0. The van der Waals surface area contributed by atoms with E-state index >= 15 is 0 Å². The summed E-state index contributed by atoms with van der Waals surface area (Å²) in [5, 5.41) is 13.4. The Kier molecular flexibility index (Phi) is 1.49. The van der Waals surface area contributed by atoms with Crippen LogP contribution in [0.3, 0.4) is 0 Å². The maximum atomic E-state index is 9.63. The molecule has 0 bridgehead atoms. The van der Waals surface area contributed by atoms with Gasteiger partial charge in [0.1, 0.15) is 6.33 Å². The van der Waals surface area contributed by atoms with Crippen LogP contribution in [0.4, 0.5) is 0 Å². The van der Waals surface area contributed by atoms with Gasteiger partial charge in [-0.25, -0.2) is 4.98 Å². The first kappa shape index (κ1) is 7.98. The fourth-order valence-corrected chi connectivity index (χ4v) is 1.35. The van der Waals surface area contributed by atoms with E-state index < -0.39 is 0 Å². The lowest BCUT2D eigenvalue weighted by molar-refractivity contribution is 0.435. The molecule has 0 saturated carbocycles. The monoisotopic (exact) mass is 202 g/mol. The molecule has 6 nitrogen and oxygen atoms in total. The first-order valence-corrected chi connectivity index (χ1v) is 4.27. The van der Waals surface area contributed by atoms with Crippen molar-refractivity contribution in [1.82, 2.24) is 19.6 Å². The molecule has 0 aromatic carbocycles. The highest BCUT2D eigenvalue weighted by Gasteiger charge is 2.08. The molecule has 1 N–H and O–H groups in total. The van der Waals surface area contributed by atoms with Crippen molar-refractivity contribution in [2.75, 3.05) is 0 Å². The largest absolute Gasteiger partial charge is 0.493 e. The highest BCUT2D eigenvalue weighted by molar-refractivity contribution is 5.60. The molecule has 3 aromatic rings. The molecular weight excluding hydrogens is 196 g/mol. The van der Waals surface area contributed by atoms with Gasteiger partial charge in [0, 0.05) is 11.6 Å². The third-order valence-corrected chi connectivity index (χ3v) is 2.05. The Morgan fingerprint density at radius 3 is 3.13 bits per heavy atom. The summed E-state index contributed by atoms with van der Waals surface area (Å²) < 4.78 is 6.19. The number of aromatic nitrogens is 4. The predicted octanol–water partition coefficient (Wildman–Crippen LogP) is 1.09. The van der Waals surface area contributed by atoms with E-state index in [0.29, 0.717) is 11.5 Å². The van der Waals surface area contributed by atoms with Crippen molar-refractivity contribution < 1.29 is 9.52 Å². The minimum atomic E-state index is -0.00583. The molecular formula is C9H6N4O2. The highest BCUT2D eigenvalue weighted by atomic mass is 16.3. The Labute approximate surface area is 83.8 Å².